The molecule has 8 heteroatoms. The summed E-state index contributed by atoms with van der Waals surface area (Å²) in [5.41, 5.74) is 0.810. The smallest absolute Gasteiger partial charge is 0.270 e. The van der Waals surface area contributed by atoms with Crippen molar-refractivity contribution in [2.45, 2.75) is 6.54 Å². The molecule has 0 spiro atoms. The number of rotatable bonds is 6. The molecule has 2 aromatic rings. The lowest BCUT2D eigenvalue weighted by Crippen LogP contribution is -2.37. The first-order valence-electron chi connectivity index (χ1n) is 7.38. The molecule has 0 saturated heterocycles. The van der Waals surface area contributed by atoms with Gasteiger partial charge in [0, 0.05) is 36.3 Å². The molecule has 1 N–H and O–H groups in total. The molecule has 0 fully saturated rings. The molecule has 0 aliphatic heterocycles. The Morgan fingerprint density at radius 2 is 1.92 bits per heavy atom. The van der Waals surface area contributed by atoms with E-state index in [1.807, 2.05) is 6.07 Å². The van der Waals surface area contributed by atoms with Crippen LogP contribution in [0.25, 0.3) is 0 Å². The fourth-order valence-corrected chi connectivity index (χ4v) is 2.36. The zero-order chi connectivity index (χ0) is 18.4. The Bertz CT molecular complexity index is 810. The number of nitro groups is 1. The molecule has 7 nitrogen and oxygen atoms in total. The van der Waals surface area contributed by atoms with Crippen molar-refractivity contribution in [3.8, 4) is 0 Å². The highest BCUT2D eigenvalue weighted by Gasteiger charge is 2.14. The van der Waals surface area contributed by atoms with Gasteiger partial charge < -0.3 is 10.2 Å². The van der Waals surface area contributed by atoms with E-state index < -0.39 is 10.8 Å². The monoisotopic (exact) mass is 361 g/mol. The van der Waals surface area contributed by atoms with E-state index in [1.54, 1.807) is 25.2 Å². The minimum Gasteiger partial charge on any atom is -0.343 e. The number of nitrogens with one attached hydrogen (secondary N) is 1. The highest BCUT2D eigenvalue weighted by atomic mass is 35.5. The number of benzene rings is 2. The molecule has 0 unspecified atom stereocenters. The van der Waals surface area contributed by atoms with Gasteiger partial charge in [-0.05, 0) is 23.8 Å². The summed E-state index contributed by atoms with van der Waals surface area (Å²) in [6, 6.07) is 12.5. The second kappa shape index (κ2) is 8.25. The van der Waals surface area contributed by atoms with Crippen LogP contribution in [0.3, 0.4) is 0 Å². The summed E-state index contributed by atoms with van der Waals surface area (Å²) in [6.07, 6.45) is 0. The second-order valence-corrected chi connectivity index (χ2v) is 5.81. The summed E-state index contributed by atoms with van der Waals surface area (Å²) >= 11 is 5.91. The van der Waals surface area contributed by atoms with Crippen molar-refractivity contribution in [2.24, 2.45) is 0 Å². The quantitative estimate of drug-likeness (QED) is 0.632. The van der Waals surface area contributed by atoms with Crippen LogP contribution >= 0.6 is 11.6 Å². The van der Waals surface area contributed by atoms with Crippen molar-refractivity contribution in [2.75, 3.05) is 13.6 Å². The van der Waals surface area contributed by atoms with E-state index in [2.05, 4.69) is 5.32 Å². The van der Waals surface area contributed by atoms with Crippen molar-refractivity contribution in [3.05, 3.63) is 74.8 Å². The molecule has 2 rings (SSSR count). The first-order valence-corrected chi connectivity index (χ1v) is 7.75. The van der Waals surface area contributed by atoms with Crippen molar-refractivity contribution in [1.82, 2.24) is 10.2 Å². The lowest BCUT2D eigenvalue weighted by molar-refractivity contribution is -0.384. The van der Waals surface area contributed by atoms with Gasteiger partial charge in [0.05, 0.1) is 11.5 Å². The number of carbonyl (C=O) groups is 2. The Morgan fingerprint density at radius 3 is 2.60 bits per heavy atom. The van der Waals surface area contributed by atoms with Crippen LogP contribution in [0.4, 0.5) is 5.69 Å². The van der Waals surface area contributed by atoms with Gasteiger partial charge in [-0.25, -0.2) is 0 Å². The predicted molar refractivity (Wildman–Crippen MR) is 93.4 cm³/mol. The Balaban J connectivity index is 1.91. The van der Waals surface area contributed by atoms with Gasteiger partial charge in [0.15, 0.2) is 0 Å². The number of amides is 2. The molecule has 25 heavy (non-hydrogen) atoms. The first kappa shape index (κ1) is 18.4. The highest BCUT2D eigenvalue weighted by molar-refractivity contribution is 6.30. The van der Waals surface area contributed by atoms with Gasteiger partial charge in [0.1, 0.15) is 0 Å². The zero-order valence-corrected chi connectivity index (χ0v) is 14.2. The molecule has 2 aromatic carbocycles. The van der Waals surface area contributed by atoms with Crippen LogP contribution in [0.5, 0.6) is 0 Å². The Kier molecular flexibility index (Phi) is 6.08. The van der Waals surface area contributed by atoms with E-state index in [0.717, 1.165) is 11.6 Å². The molecule has 0 saturated carbocycles. The third-order valence-electron chi connectivity index (χ3n) is 3.45. The number of hydrogen-bond donors (Lipinski definition) is 1. The summed E-state index contributed by atoms with van der Waals surface area (Å²) in [5.74, 6) is -0.841. The van der Waals surface area contributed by atoms with Crippen LogP contribution in [-0.4, -0.2) is 35.2 Å². The molecular weight excluding hydrogens is 346 g/mol. The zero-order valence-electron chi connectivity index (χ0n) is 13.4. The number of nitrogens with zero attached hydrogens (tertiary/aromatic N) is 2. The molecular formula is C17H16ClN3O4. The Labute approximate surface area is 149 Å². The number of non-ortho nitro benzene ring substituents is 1. The van der Waals surface area contributed by atoms with Crippen LogP contribution in [0.15, 0.2) is 48.5 Å². The van der Waals surface area contributed by atoms with E-state index in [0.29, 0.717) is 11.6 Å². The van der Waals surface area contributed by atoms with Gasteiger partial charge in [-0.1, -0.05) is 29.8 Å². The van der Waals surface area contributed by atoms with Gasteiger partial charge >= 0.3 is 0 Å². The maximum absolute atomic E-state index is 12.1. The minimum atomic E-state index is -0.583. The van der Waals surface area contributed by atoms with Gasteiger partial charge in [-0.3, -0.25) is 19.7 Å². The SMILES string of the molecule is CN(Cc1cccc(Cl)c1)C(=O)CNC(=O)c1cccc([N+](=O)[O-])c1. The summed E-state index contributed by atoms with van der Waals surface area (Å²) in [6.45, 7) is 0.144. The van der Waals surface area contributed by atoms with E-state index >= 15 is 0 Å². The molecule has 0 aliphatic carbocycles. The number of likely N-dealkylation sites (N-methyl/N-ethyl adjacent to an activating group) is 1. The van der Waals surface area contributed by atoms with Crippen molar-refractivity contribution >= 4 is 29.1 Å². The predicted octanol–water partition coefficient (Wildman–Crippen LogP) is 2.64. The third kappa shape index (κ3) is 5.29. The first-order chi connectivity index (χ1) is 11.9. The fraction of sp³-hybridized carbons (Fsp3) is 0.176. The maximum atomic E-state index is 12.1. The van der Waals surface area contributed by atoms with Crippen LogP contribution in [-0.2, 0) is 11.3 Å². The molecule has 0 bridgehead atoms. The topological polar surface area (TPSA) is 92.6 Å². The largest absolute Gasteiger partial charge is 0.343 e. The maximum Gasteiger partial charge on any atom is 0.270 e. The lowest BCUT2D eigenvalue weighted by atomic mass is 10.2. The van der Waals surface area contributed by atoms with Gasteiger partial charge in [0.25, 0.3) is 11.6 Å². The molecule has 0 aromatic heterocycles. The van der Waals surface area contributed by atoms with Crippen LogP contribution in [0.1, 0.15) is 15.9 Å². The van der Waals surface area contributed by atoms with Crippen molar-refractivity contribution in [1.29, 1.82) is 0 Å². The molecule has 2 amide bonds. The Hall–Kier alpha value is -2.93. The average Bonchev–Trinajstić information content (AvgIpc) is 2.59. The standard InChI is InChI=1S/C17H16ClN3O4/c1-20(11-12-4-2-6-14(18)8-12)16(22)10-19-17(23)13-5-3-7-15(9-13)21(24)25/h2-9H,10-11H2,1H3,(H,19,23). The number of hydrogen-bond acceptors (Lipinski definition) is 4. The van der Waals surface area contributed by atoms with Gasteiger partial charge in [-0.2, -0.15) is 0 Å². The Morgan fingerprint density at radius 1 is 1.20 bits per heavy atom. The highest BCUT2D eigenvalue weighted by Crippen LogP contribution is 2.13. The van der Waals surface area contributed by atoms with Crippen molar-refractivity contribution in [3.63, 3.8) is 0 Å². The summed E-state index contributed by atoms with van der Waals surface area (Å²) in [5, 5.41) is 13.8. The van der Waals surface area contributed by atoms with E-state index in [9.17, 15) is 19.7 Å². The summed E-state index contributed by atoms with van der Waals surface area (Å²) in [4.78, 5) is 35.7. The van der Waals surface area contributed by atoms with E-state index in [1.165, 1.54) is 23.1 Å². The van der Waals surface area contributed by atoms with Crippen molar-refractivity contribution < 1.29 is 14.5 Å². The molecule has 0 atom stereocenters. The molecule has 0 heterocycles. The molecule has 0 aliphatic rings. The van der Waals surface area contributed by atoms with E-state index in [4.69, 9.17) is 11.6 Å². The summed E-state index contributed by atoms with van der Waals surface area (Å²) in [7, 11) is 1.61. The minimum absolute atomic E-state index is 0.125. The normalized spacial score (nSPS) is 10.2. The van der Waals surface area contributed by atoms with Gasteiger partial charge in [0.2, 0.25) is 5.91 Å². The average molecular weight is 362 g/mol. The molecule has 0 radical (unpaired) electrons. The van der Waals surface area contributed by atoms with Crippen LogP contribution in [0.2, 0.25) is 5.02 Å². The number of carbonyl (C=O) groups excluding carboxylic acids is 2. The third-order valence-corrected chi connectivity index (χ3v) is 3.69. The molecule has 130 valence electrons. The number of nitro benzene ring substituents is 1. The van der Waals surface area contributed by atoms with Crippen LogP contribution in [0, 0.1) is 10.1 Å². The van der Waals surface area contributed by atoms with E-state index in [-0.39, 0.29) is 23.7 Å². The van der Waals surface area contributed by atoms with Gasteiger partial charge in [-0.15, -0.1) is 0 Å². The van der Waals surface area contributed by atoms with Crippen LogP contribution < -0.4 is 5.32 Å². The second-order valence-electron chi connectivity index (χ2n) is 5.37. The fourth-order valence-electron chi connectivity index (χ4n) is 2.15. The number of halogens is 1. The lowest BCUT2D eigenvalue weighted by Gasteiger charge is -2.17. The summed E-state index contributed by atoms with van der Waals surface area (Å²) < 4.78 is 0.